The van der Waals surface area contributed by atoms with Crippen molar-refractivity contribution in [2.45, 2.75) is 17.7 Å². The van der Waals surface area contributed by atoms with E-state index in [2.05, 4.69) is 15.9 Å². The van der Waals surface area contributed by atoms with E-state index in [1.54, 1.807) is 12.8 Å². The lowest BCUT2D eigenvalue weighted by atomic mass is 10.1. The minimum absolute atomic E-state index is 0.942. The number of rotatable bonds is 0. The zero-order valence-corrected chi connectivity index (χ0v) is 6.26. The fourth-order valence-electron chi connectivity index (χ4n) is 2.98. The molecule has 0 aromatic carbocycles. The Morgan fingerprint density at radius 3 is 1.88 bits per heavy atom. The summed E-state index contributed by atoms with van der Waals surface area (Å²) in [6.07, 6.45) is 3.12. The quantitative estimate of drug-likeness (QED) is 0.491. The van der Waals surface area contributed by atoms with Gasteiger partial charge in [-0.1, -0.05) is 15.9 Å². The summed E-state index contributed by atoms with van der Waals surface area (Å²) < 4.78 is 0. The van der Waals surface area contributed by atoms with Gasteiger partial charge < -0.3 is 0 Å². The molecule has 4 bridgehead atoms. The molecule has 0 heterocycles. The SMILES string of the molecule is BrC1C2CC3C1[C@@H]3C2. The van der Waals surface area contributed by atoms with Gasteiger partial charge in [0.2, 0.25) is 0 Å². The van der Waals surface area contributed by atoms with Crippen molar-refractivity contribution in [2.75, 3.05) is 0 Å². The lowest BCUT2D eigenvalue weighted by Crippen LogP contribution is -2.00. The molecule has 0 amide bonds. The second kappa shape index (κ2) is 1.03. The lowest BCUT2D eigenvalue weighted by molar-refractivity contribution is 0.620. The number of alkyl halides is 1. The van der Waals surface area contributed by atoms with Gasteiger partial charge in [0.05, 0.1) is 0 Å². The molecule has 0 nitrogen and oxygen atoms in total. The smallest absolute Gasteiger partial charge is 0.0208 e. The molecule has 0 aliphatic heterocycles. The van der Waals surface area contributed by atoms with Crippen molar-refractivity contribution in [2.24, 2.45) is 23.7 Å². The molecule has 4 aliphatic rings. The van der Waals surface area contributed by atoms with Gasteiger partial charge in [-0.15, -0.1) is 0 Å². The second-order valence-electron chi connectivity index (χ2n) is 3.58. The predicted molar refractivity (Wildman–Crippen MR) is 35.9 cm³/mol. The van der Waals surface area contributed by atoms with E-state index in [0.717, 1.165) is 16.7 Å². The van der Waals surface area contributed by atoms with Crippen LogP contribution in [0.4, 0.5) is 0 Å². The fraction of sp³-hybridized carbons (Fsp3) is 1.00. The van der Waals surface area contributed by atoms with Crippen molar-refractivity contribution >= 4 is 15.9 Å². The first-order valence-corrected chi connectivity index (χ1v) is 4.43. The maximum atomic E-state index is 3.75. The Labute approximate surface area is 57.8 Å². The summed E-state index contributed by atoms with van der Waals surface area (Å²) in [4.78, 5) is 0.942. The summed E-state index contributed by atoms with van der Waals surface area (Å²) in [5.41, 5.74) is 0. The average Bonchev–Trinajstić information content (AvgIpc) is 2.23. The van der Waals surface area contributed by atoms with Crippen LogP contribution >= 0.6 is 15.9 Å². The minimum atomic E-state index is 0.942. The highest BCUT2D eigenvalue weighted by Crippen LogP contribution is 2.72. The van der Waals surface area contributed by atoms with Crippen molar-refractivity contribution in [3.63, 3.8) is 0 Å². The van der Waals surface area contributed by atoms with Crippen molar-refractivity contribution in [3.8, 4) is 0 Å². The number of hydrogen-bond donors (Lipinski definition) is 0. The Balaban J connectivity index is 2.10. The van der Waals surface area contributed by atoms with E-state index in [1.807, 2.05) is 0 Å². The van der Waals surface area contributed by atoms with Gasteiger partial charge in [0.1, 0.15) is 0 Å². The molecule has 4 unspecified atom stereocenters. The van der Waals surface area contributed by atoms with E-state index < -0.39 is 0 Å². The van der Waals surface area contributed by atoms with Crippen molar-refractivity contribution in [1.29, 1.82) is 0 Å². The van der Waals surface area contributed by atoms with E-state index in [0.29, 0.717) is 0 Å². The number of halogens is 1. The van der Waals surface area contributed by atoms with Crippen molar-refractivity contribution in [3.05, 3.63) is 0 Å². The highest BCUT2D eigenvalue weighted by atomic mass is 79.9. The van der Waals surface area contributed by atoms with E-state index in [9.17, 15) is 0 Å². The van der Waals surface area contributed by atoms with Crippen LogP contribution in [0, 0.1) is 23.7 Å². The molecule has 0 aromatic rings. The first-order valence-electron chi connectivity index (χ1n) is 3.52. The summed E-state index contributed by atoms with van der Waals surface area (Å²) in [7, 11) is 0. The molecule has 44 valence electrons. The van der Waals surface area contributed by atoms with Crippen LogP contribution in [0.1, 0.15) is 12.8 Å². The zero-order chi connectivity index (χ0) is 5.30. The van der Waals surface area contributed by atoms with Crippen molar-refractivity contribution < 1.29 is 0 Å². The monoisotopic (exact) mass is 172 g/mol. The highest BCUT2D eigenvalue weighted by Gasteiger charge is 2.67. The summed E-state index contributed by atoms with van der Waals surface area (Å²) >= 11 is 3.75. The van der Waals surface area contributed by atoms with E-state index in [-0.39, 0.29) is 0 Å². The molecule has 1 heteroatoms. The average molecular weight is 173 g/mol. The van der Waals surface area contributed by atoms with Crippen LogP contribution in [-0.4, -0.2) is 4.83 Å². The van der Waals surface area contributed by atoms with Gasteiger partial charge in [0.25, 0.3) is 0 Å². The molecule has 0 N–H and O–H groups in total. The Bertz CT molecular complexity index is 129. The molecular formula is C7H9Br. The first kappa shape index (κ1) is 4.32. The van der Waals surface area contributed by atoms with Gasteiger partial charge >= 0.3 is 0 Å². The molecule has 4 aliphatic carbocycles. The van der Waals surface area contributed by atoms with Crippen LogP contribution in [0.3, 0.4) is 0 Å². The molecule has 4 fully saturated rings. The van der Waals surface area contributed by atoms with Crippen LogP contribution < -0.4 is 0 Å². The van der Waals surface area contributed by atoms with Gasteiger partial charge in [-0.3, -0.25) is 0 Å². The number of hydrogen-bond acceptors (Lipinski definition) is 0. The third-order valence-corrected chi connectivity index (χ3v) is 4.72. The maximum absolute atomic E-state index is 3.75. The Kier molecular flexibility index (Phi) is 0.555. The van der Waals surface area contributed by atoms with Crippen LogP contribution in [0.2, 0.25) is 0 Å². The largest absolute Gasteiger partial charge is 0.0884 e. The topological polar surface area (TPSA) is 0 Å². The summed E-state index contributed by atoms with van der Waals surface area (Å²) in [5.74, 6) is 4.60. The van der Waals surface area contributed by atoms with E-state index in [4.69, 9.17) is 0 Å². The Hall–Kier alpha value is 0.480. The van der Waals surface area contributed by atoms with E-state index >= 15 is 0 Å². The molecular weight excluding hydrogens is 164 g/mol. The third-order valence-electron chi connectivity index (χ3n) is 3.37. The normalized spacial score (nSPS) is 73.9. The van der Waals surface area contributed by atoms with Crippen LogP contribution in [0.25, 0.3) is 0 Å². The summed E-state index contributed by atoms with van der Waals surface area (Å²) in [5, 5.41) is 0. The highest BCUT2D eigenvalue weighted by molar-refractivity contribution is 9.09. The Morgan fingerprint density at radius 2 is 1.75 bits per heavy atom. The third kappa shape index (κ3) is 0.278. The molecule has 0 saturated heterocycles. The van der Waals surface area contributed by atoms with Gasteiger partial charge in [-0.2, -0.15) is 0 Å². The lowest BCUT2D eigenvalue weighted by Gasteiger charge is -2.02. The maximum Gasteiger partial charge on any atom is 0.0208 e. The zero-order valence-electron chi connectivity index (χ0n) is 4.68. The van der Waals surface area contributed by atoms with Gasteiger partial charge in [0.15, 0.2) is 0 Å². The molecule has 0 radical (unpaired) electrons. The molecule has 5 atom stereocenters. The minimum Gasteiger partial charge on any atom is -0.0884 e. The molecule has 0 aromatic heterocycles. The molecule has 8 heavy (non-hydrogen) atoms. The van der Waals surface area contributed by atoms with Crippen LogP contribution in [0.15, 0.2) is 0 Å². The molecule has 4 saturated carbocycles. The van der Waals surface area contributed by atoms with Crippen molar-refractivity contribution in [1.82, 2.24) is 0 Å². The van der Waals surface area contributed by atoms with Gasteiger partial charge in [0, 0.05) is 4.83 Å². The standard InChI is InChI=1S/C7H9Br/c8-7-3-1-4-5(2-3)6(4)7/h3-7H,1-2H2/t3?,4-,5?,6?,7?/m1/s1. The second-order valence-corrected chi connectivity index (χ2v) is 4.64. The van der Waals surface area contributed by atoms with Crippen LogP contribution in [-0.2, 0) is 0 Å². The summed E-state index contributed by atoms with van der Waals surface area (Å²) in [6.45, 7) is 0. The summed E-state index contributed by atoms with van der Waals surface area (Å²) in [6, 6.07) is 0. The van der Waals surface area contributed by atoms with E-state index in [1.165, 1.54) is 11.8 Å². The van der Waals surface area contributed by atoms with Gasteiger partial charge in [-0.25, -0.2) is 0 Å². The Morgan fingerprint density at radius 1 is 1.12 bits per heavy atom. The van der Waals surface area contributed by atoms with Crippen LogP contribution in [0.5, 0.6) is 0 Å². The fourth-order valence-corrected chi connectivity index (χ4v) is 4.20. The van der Waals surface area contributed by atoms with Gasteiger partial charge in [-0.05, 0) is 36.5 Å². The molecule has 4 rings (SSSR count). The predicted octanol–water partition coefficient (Wildman–Crippen LogP) is 2.04. The first-order chi connectivity index (χ1) is 3.88. The molecule has 0 spiro atoms.